The van der Waals surface area contributed by atoms with Gasteiger partial charge in [0.2, 0.25) is 0 Å². The molecular formula is C17H24N2O7. The summed E-state index contributed by atoms with van der Waals surface area (Å²) in [5, 5.41) is 33.8. The molecule has 4 N–H and O–H groups in total. The maximum absolute atomic E-state index is 10.3. The Bertz CT molecular complexity index is 646. The number of aryl methyl sites for hydroxylation is 1. The van der Waals surface area contributed by atoms with Crippen molar-refractivity contribution in [3.8, 4) is 0 Å². The highest BCUT2D eigenvalue weighted by Crippen LogP contribution is 2.31. The van der Waals surface area contributed by atoms with E-state index in [0.29, 0.717) is 6.04 Å². The fourth-order valence-corrected chi connectivity index (χ4v) is 2.87. The number of rotatable bonds is 6. The molecule has 9 heteroatoms. The quantitative estimate of drug-likeness (QED) is 0.575. The third kappa shape index (κ3) is 6.08. The first-order valence-electron chi connectivity index (χ1n) is 8.08. The number of hydrogen-bond donors (Lipinski definition) is 4. The molecule has 0 bridgehead atoms. The van der Waals surface area contributed by atoms with Gasteiger partial charge in [-0.15, -0.1) is 0 Å². The third-order valence-electron chi connectivity index (χ3n) is 4.21. The zero-order valence-electron chi connectivity index (χ0n) is 14.8. The van der Waals surface area contributed by atoms with Crippen molar-refractivity contribution in [2.24, 2.45) is 0 Å². The number of aliphatic carboxylic acids is 3. The van der Waals surface area contributed by atoms with Crippen LogP contribution in [0.2, 0.25) is 0 Å². The first-order chi connectivity index (χ1) is 12.1. The number of pyridine rings is 1. The normalized spacial score (nSPS) is 17.3. The Morgan fingerprint density at radius 3 is 2.19 bits per heavy atom. The van der Waals surface area contributed by atoms with Gasteiger partial charge in [0.25, 0.3) is 0 Å². The maximum Gasteiger partial charge on any atom is 0.336 e. The predicted octanol–water partition coefficient (Wildman–Crippen LogP) is 0.908. The molecule has 1 fully saturated rings. The number of carboxylic acid groups (broad SMARTS) is 3. The van der Waals surface area contributed by atoms with E-state index in [-0.39, 0.29) is 0 Å². The average Bonchev–Trinajstić information content (AvgIpc) is 2.92. The van der Waals surface area contributed by atoms with Crippen LogP contribution in [0.4, 0.5) is 0 Å². The molecule has 0 radical (unpaired) electrons. The molecule has 1 atom stereocenters. The maximum atomic E-state index is 10.3. The third-order valence-corrected chi connectivity index (χ3v) is 4.21. The van der Waals surface area contributed by atoms with Gasteiger partial charge >= 0.3 is 17.9 Å². The van der Waals surface area contributed by atoms with Crippen LogP contribution >= 0.6 is 0 Å². The van der Waals surface area contributed by atoms with Gasteiger partial charge in [-0.1, -0.05) is 6.07 Å². The number of carboxylic acids is 3. The molecule has 1 saturated heterocycles. The summed E-state index contributed by atoms with van der Waals surface area (Å²) in [5.41, 5.74) is -0.152. The Hall–Kier alpha value is -2.52. The van der Waals surface area contributed by atoms with E-state index in [1.165, 1.54) is 30.6 Å². The van der Waals surface area contributed by atoms with Crippen molar-refractivity contribution in [3.05, 3.63) is 29.6 Å². The molecule has 2 heterocycles. The first kappa shape index (κ1) is 21.5. The Labute approximate surface area is 150 Å². The van der Waals surface area contributed by atoms with Crippen molar-refractivity contribution in [2.45, 2.75) is 44.2 Å². The van der Waals surface area contributed by atoms with Gasteiger partial charge in [-0.2, -0.15) is 0 Å². The van der Waals surface area contributed by atoms with E-state index in [1.807, 2.05) is 12.3 Å². The lowest BCUT2D eigenvalue weighted by molar-refractivity contribution is -0.170. The zero-order chi connectivity index (χ0) is 19.9. The molecule has 0 aromatic carbocycles. The Balaban J connectivity index is 0.000000260. The molecule has 0 aliphatic carbocycles. The number of aliphatic hydroxyl groups is 1. The minimum atomic E-state index is -2.74. The van der Waals surface area contributed by atoms with Gasteiger partial charge in [0.1, 0.15) is 0 Å². The van der Waals surface area contributed by atoms with E-state index in [0.717, 1.165) is 0 Å². The van der Waals surface area contributed by atoms with Gasteiger partial charge in [0.05, 0.1) is 12.8 Å². The lowest BCUT2D eigenvalue weighted by Crippen LogP contribution is -2.42. The summed E-state index contributed by atoms with van der Waals surface area (Å²) in [5.74, 6) is -5.02. The molecule has 0 unspecified atom stereocenters. The van der Waals surface area contributed by atoms with Crippen molar-refractivity contribution in [3.63, 3.8) is 0 Å². The molecule has 1 aromatic heterocycles. The lowest BCUT2D eigenvalue weighted by atomic mass is 9.96. The number of hydrogen-bond acceptors (Lipinski definition) is 6. The summed E-state index contributed by atoms with van der Waals surface area (Å²) >= 11 is 0. The average molecular weight is 368 g/mol. The minimum absolute atomic E-state index is 0.605. The number of likely N-dealkylation sites (tertiary alicyclic amines) is 1. The standard InChI is InChI=1S/C11H16N2.C6H8O7/c1-9-10(5-3-7-12-9)11-6-4-8-13(11)2;7-3(8)1-6(13,5(11)12)2-4(9)10/h3,5,7,11H,4,6,8H2,1-2H3;13H,1-2H2,(H,7,8)(H,9,10)(H,11,12)/t11-;/m0./s1. The van der Waals surface area contributed by atoms with Crippen LogP contribution in [-0.2, 0) is 14.4 Å². The molecule has 0 saturated carbocycles. The molecule has 1 aliphatic rings. The molecular weight excluding hydrogens is 344 g/mol. The van der Waals surface area contributed by atoms with Crippen molar-refractivity contribution >= 4 is 17.9 Å². The lowest BCUT2D eigenvalue weighted by Gasteiger charge is -2.20. The second-order valence-corrected chi connectivity index (χ2v) is 6.29. The van der Waals surface area contributed by atoms with E-state index >= 15 is 0 Å². The van der Waals surface area contributed by atoms with Gasteiger partial charge in [-0.3, -0.25) is 19.5 Å². The van der Waals surface area contributed by atoms with E-state index < -0.39 is 36.4 Å². The number of carbonyl (C=O) groups is 3. The Kier molecular flexibility index (Phi) is 7.66. The molecule has 26 heavy (non-hydrogen) atoms. The largest absolute Gasteiger partial charge is 0.481 e. The summed E-state index contributed by atoms with van der Waals surface area (Å²) in [6, 6.07) is 4.84. The number of aromatic nitrogens is 1. The van der Waals surface area contributed by atoms with Crippen molar-refractivity contribution in [2.75, 3.05) is 13.6 Å². The van der Waals surface area contributed by atoms with Crippen LogP contribution in [0.5, 0.6) is 0 Å². The summed E-state index contributed by atoms with van der Waals surface area (Å²) in [7, 11) is 2.20. The minimum Gasteiger partial charge on any atom is -0.481 e. The highest BCUT2D eigenvalue weighted by Gasteiger charge is 2.40. The van der Waals surface area contributed by atoms with Gasteiger partial charge in [0, 0.05) is 17.9 Å². The topological polar surface area (TPSA) is 148 Å². The molecule has 9 nitrogen and oxygen atoms in total. The van der Waals surface area contributed by atoms with E-state index in [2.05, 4.69) is 29.9 Å². The molecule has 0 amide bonds. The van der Waals surface area contributed by atoms with Crippen molar-refractivity contribution in [1.82, 2.24) is 9.88 Å². The zero-order valence-corrected chi connectivity index (χ0v) is 14.8. The SMILES string of the molecule is Cc1ncccc1[C@@H]1CCCN1C.O=C(O)CC(O)(CC(=O)O)C(=O)O. The molecule has 2 rings (SSSR count). The smallest absolute Gasteiger partial charge is 0.336 e. The van der Waals surface area contributed by atoms with E-state index in [1.54, 1.807) is 0 Å². The molecule has 1 aromatic rings. The van der Waals surface area contributed by atoms with Crippen LogP contribution in [0.1, 0.15) is 43.0 Å². The first-order valence-corrected chi connectivity index (χ1v) is 8.08. The Morgan fingerprint density at radius 2 is 1.81 bits per heavy atom. The van der Waals surface area contributed by atoms with Gasteiger partial charge < -0.3 is 20.4 Å². The molecule has 0 spiro atoms. The summed E-state index contributed by atoms with van der Waals surface area (Å²) in [4.78, 5) is 37.2. The highest BCUT2D eigenvalue weighted by molar-refractivity contribution is 5.88. The second kappa shape index (κ2) is 9.25. The van der Waals surface area contributed by atoms with E-state index in [4.69, 9.17) is 20.4 Å². The number of nitrogens with zero attached hydrogens (tertiary/aromatic N) is 2. The van der Waals surface area contributed by atoms with Crippen LogP contribution in [0.15, 0.2) is 18.3 Å². The summed E-state index contributed by atoms with van der Waals surface area (Å²) in [6.07, 6.45) is 2.18. The molecule has 144 valence electrons. The van der Waals surface area contributed by atoms with Crippen LogP contribution in [0.3, 0.4) is 0 Å². The highest BCUT2D eigenvalue weighted by atomic mass is 16.4. The molecule has 1 aliphatic heterocycles. The van der Waals surface area contributed by atoms with Crippen LogP contribution in [0.25, 0.3) is 0 Å². The van der Waals surface area contributed by atoms with Crippen LogP contribution < -0.4 is 0 Å². The summed E-state index contributed by atoms with van der Waals surface area (Å²) in [6.45, 7) is 3.32. The van der Waals surface area contributed by atoms with E-state index in [9.17, 15) is 14.4 Å². The van der Waals surface area contributed by atoms with Crippen molar-refractivity contribution < 1.29 is 34.8 Å². The van der Waals surface area contributed by atoms with Gasteiger partial charge in [-0.05, 0) is 45.0 Å². The summed E-state index contributed by atoms with van der Waals surface area (Å²) < 4.78 is 0. The predicted molar refractivity (Wildman–Crippen MR) is 90.7 cm³/mol. The second-order valence-electron chi connectivity index (χ2n) is 6.29. The van der Waals surface area contributed by atoms with Crippen molar-refractivity contribution in [1.29, 1.82) is 0 Å². The van der Waals surface area contributed by atoms with Gasteiger partial charge in [-0.25, -0.2) is 4.79 Å². The Morgan fingerprint density at radius 1 is 1.23 bits per heavy atom. The van der Waals surface area contributed by atoms with Crippen LogP contribution in [0, 0.1) is 6.92 Å². The fourth-order valence-electron chi connectivity index (χ4n) is 2.87. The van der Waals surface area contributed by atoms with Crippen LogP contribution in [-0.4, -0.2) is 67.4 Å². The monoisotopic (exact) mass is 368 g/mol. The van der Waals surface area contributed by atoms with Gasteiger partial charge in [0.15, 0.2) is 5.60 Å². The fraction of sp³-hybridized carbons (Fsp3) is 0.529.